The van der Waals surface area contributed by atoms with Crippen molar-refractivity contribution >= 4 is 17.8 Å². The van der Waals surface area contributed by atoms with Gasteiger partial charge in [-0.15, -0.1) is 0 Å². The number of ether oxygens (including phenoxy) is 3. The normalized spacial score (nSPS) is 9.79. The third kappa shape index (κ3) is 8.41. The summed E-state index contributed by atoms with van der Waals surface area (Å²) in [4.78, 5) is 37.8. The monoisotopic (exact) mass is 392 g/mol. The van der Waals surface area contributed by atoms with Crippen LogP contribution in [0.25, 0.3) is 10.4 Å². The molecule has 0 bridgehead atoms. The summed E-state index contributed by atoms with van der Waals surface area (Å²) in [5.74, 6) is -1.03. The molecule has 0 radical (unpaired) electrons. The van der Waals surface area contributed by atoms with E-state index >= 15 is 0 Å². The molecule has 0 aliphatic heterocycles. The molecule has 0 aromatic heterocycles. The van der Waals surface area contributed by atoms with E-state index in [1.165, 1.54) is 32.4 Å². The molecular weight excluding hydrogens is 368 g/mol. The Kier molecular flexibility index (Phi) is 10.6. The summed E-state index contributed by atoms with van der Waals surface area (Å²) in [6.07, 6.45) is 2.64. The van der Waals surface area contributed by atoms with E-state index in [2.05, 4.69) is 24.8 Å². The smallest absolute Gasteiger partial charge is 0.338 e. The number of hydrogen-bond acceptors (Lipinski definition) is 7. The van der Waals surface area contributed by atoms with Crippen molar-refractivity contribution < 1.29 is 28.6 Å². The molecule has 1 aromatic rings. The second-order valence-electron chi connectivity index (χ2n) is 5.69. The van der Waals surface area contributed by atoms with Crippen LogP contribution >= 0.6 is 0 Å². The number of carbonyl (C=O) groups excluding carboxylic acids is 3. The number of nitrogens with one attached hydrogen (secondary N) is 1. The molecular formula is C18H24N4O6. The molecule has 0 heterocycles. The Hall–Kier alpha value is -3.26. The van der Waals surface area contributed by atoms with E-state index in [4.69, 9.17) is 10.3 Å². The zero-order valence-corrected chi connectivity index (χ0v) is 16.0. The number of benzene rings is 1. The molecule has 0 unspecified atom stereocenters. The van der Waals surface area contributed by atoms with Gasteiger partial charge in [-0.2, -0.15) is 0 Å². The van der Waals surface area contributed by atoms with Crippen LogP contribution in [0.15, 0.2) is 23.3 Å². The molecule has 0 spiro atoms. The van der Waals surface area contributed by atoms with Gasteiger partial charge in [-0.25, -0.2) is 9.59 Å². The van der Waals surface area contributed by atoms with Gasteiger partial charge in [0, 0.05) is 17.9 Å². The second-order valence-corrected chi connectivity index (χ2v) is 5.69. The first-order chi connectivity index (χ1) is 13.5. The predicted octanol–water partition coefficient (Wildman–Crippen LogP) is 2.63. The number of methoxy groups -OCH3 is 2. The molecule has 1 N–H and O–H groups in total. The highest BCUT2D eigenvalue weighted by atomic mass is 16.5. The van der Waals surface area contributed by atoms with Crippen LogP contribution in [0.2, 0.25) is 0 Å². The van der Waals surface area contributed by atoms with Gasteiger partial charge in [0.05, 0.1) is 31.9 Å². The zero-order chi connectivity index (χ0) is 20.8. The van der Waals surface area contributed by atoms with Gasteiger partial charge in [0.2, 0.25) is 5.91 Å². The third-order valence-electron chi connectivity index (χ3n) is 3.67. The van der Waals surface area contributed by atoms with E-state index in [0.29, 0.717) is 19.4 Å². The van der Waals surface area contributed by atoms with Crippen LogP contribution in [0.1, 0.15) is 46.4 Å². The van der Waals surface area contributed by atoms with Crippen LogP contribution in [0.3, 0.4) is 0 Å². The summed E-state index contributed by atoms with van der Waals surface area (Å²) >= 11 is 0. The van der Waals surface area contributed by atoms with Gasteiger partial charge >= 0.3 is 11.9 Å². The maximum Gasteiger partial charge on any atom is 0.338 e. The first kappa shape index (κ1) is 22.8. The van der Waals surface area contributed by atoms with E-state index in [1.807, 2.05) is 0 Å². The van der Waals surface area contributed by atoms with Crippen molar-refractivity contribution in [2.45, 2.75) is 25.7 Å². The summed E-state index contributed by atoms with van der Waals surface area (Å²) in [6, 6.07) is 4.25. The van der Waals surface area contributed by atoms with Crippen LogP contribution in [0.5, 0.6) is 5.75 Å². The minimum Gasteiger partial charge on any atom is -0.492 e. The molecule has 1 rings (SSSR count). The predicted molar refractivity (Wildman–Crippen MR) is 100 cm³/mol. The van der Waals surface area contributed by atoms with Crippen LogP contribution in [-0.2, 0) is 14.3 Å². The Morgan fingerprint density at radius 2 is 1.68 bits per heavy atom. The Bertz CT molecular complexity index is 697. The average Bonchev–Trinajstić information content (AvgIpc) is 2.72. The summed E-state index contributed by atoms with van der Waals surface area (Å²) in [5.41, 5.74) is 8.48. The molecule has 1 amide bonds. The number of amides is 1. The molecule has 10 heteroatoms. The summed E-state index contributed by atoms with van der Waals surface area (Å²) in [6.45, 7) is 0.867. The highest BCUT2D eigenvalue weighted by molar-refractivity contribution is 5.96. The summed E-state index contributed by atoms with van der Waals surface area (Å²) in [7, 11) is 2.47. The highest BCUT2D eigenvalue weighted by Crippen LogP contribution is 2.19. The topological polar surface area (TPSA) is 140 Å². The minimum absolute atomic E-state index is 0.106. The fourth-order valence-electron chi connectivity index (χ4n) is 2.29. The molecule has 0 saturated carbocycles. The van der Waals surface area contributed by atoms with E-state index < -0.39 is 11.9 Å². The van der Waals surface area contributed by atoms with Crippen molar-refractivity contribution in [3.8, 4) is 5.75 Å². The van der Waals surface area contributed by atoms with Crippen molar-refractivity contribution in [3.05, 3.63) is 39.8 Å². The van der Waals surface area contributed by atoms with Crippen molar-refractivity contribution in [1.82, 2.24) is 5.32 Å². The number of carbonyl (C=O) groups is 3. The fourth-order valence-corrected chi connectivity index (χ4v) is 2.29. The number of unbranched alkanes of at least 4 members (excludes halogenated alkanes) is 2. The second kappa shape index (κ2) is 13.0. The lowest BCUT2D eigenvalue weighted by molar-refractivity contribution is -0.121. The number of rotatable bonds is 12. The first-order valence-electron chi connectivity index (χ1n) is 8.74. The molecule has 10 nitrogen and oxygen atoms in total. The molecule has 0 aliphatic carbocycles. The molecule has 0 fully saturated rings. The Labute approximate surface area is 162 Å². The Balaban J connectivity index is 2.45. The summed E-state index contributed by atoms with van der Waals surface area (Å²) < 4.78 is 14.8. The minimum atomic E-state index is -0.607. The van der Waals surface area contributed by atoms with Crippen LogP contribution in [-0.4, -0.2) is 51.8 Å². The number of nitrogens with zero attached hydrogens (tertiary/aromatic N) is 3. The van der Waals surface area contributed by atoms with Crippen molar-refractivity contribution in [3.63, 3.8) is 0 Å². The van der Waals surface area contributed by atoms with Crippen molar-refractivity contribution in [2.75, 3.05) is 33.9 Å². The van der Waals surface area contributed by atoms with Gasteiger partial charge in [0.25, 0.3) is 0 Å². The SMILES string of the molecule is COC(=O)c1cc(OCCNC(=O)CCCCCN=[N+]=[N-])cc(C(=O)OC)c1. The molecule has 28 heavy (non-hydrogen) atoms. The molecule has 1 aromatic carbocycles. The van der Waals surface area contributed by atoms with Gasteiger partial charge in [-0.1, -0.05) is 11.5 Å². The maximum absolute atomic E-state index is 11.7. The molecule has 0 aliphatic rings. The van der Waals surface area contributed by atoms with E-state index in [0.717, 1.165) is 12.8 Å². The van der Waals surface area contributed by atoms with E-state index in [9.17, 15) is 14.4 Å². The highest BCUT2D eigenvalue weighted by Gasteiger charge is 2.14. The summed E-state index contributed by atoms with van der Waals surface area (Å²) in [5, 5.41) is 6.15. The standard InChI is InChI=1S/C18H24N4O6/c1-26-17(24)13-10-14(18(25)27-2)12-15(11-13)28-9-8-20-16(23)6-4-3-5-7-21-22-19/h10-12H,3-9H2,1-2H3,(H,20,23). The van der Waals surface area contributed by atoms with E-state index in [1.54, 1.807) is 0 Å². The number of esters is 2. The maximum atomic E-state index is 11.7. The van der Waals surface area contributed by atoms with Gasteiger partial charge in [0.1, 0.15) is 12.4 Å². The number of hydrogen-bond donors (Lipinski definition) is 1. The molecule has 0 atom stereocenters. The quantitative estimate of drug-likeness (QED) is 0.191. The Morgan fingerprint density at radius 1 is 1.04 bits per heavy atom. The van der Waals surface area contributed by atoms with Crippen molar-refractivity contribution in [2.24, 2.45) is 5.11 Å². The third-order valence-corrected chi connectivity index (χ3v) is 3.67. The average molecular weight is 392 g/mol. The lowest BCUT2D eigenvalue weighted by Crippen LogP contribution is -2.27. The van der Waals surface area contributed by atoms with Gasteiger partial charge in [-0.3, -0.25) is 4.79 Å². The first-order valence-corrected chi connectivity index (χ1v) is 8.74. The lowest BCUT2D eigenvalue weighted by Gasteiger charge is -2.10. The zero-order valence-electron chi connectivity index (χ0n) is 16.0. The molecule has 152 valence electrons. The van der Waals surface area contributed by atoms with Crippen LogP contribution < -0.4 is 10.1 Å². The lowest BCUT2D eigenvalue weighted by atomic mass is 10.1. The fraction of sp³-hybridized carbons (Fsp3) is 0.500. The van der Waals surface area contributed by atoms with E-state index in [-0.39, 0.29) is 35.9 Å². The molecule has 0 saturated heterocycles. The van der Waals surface area contributed by atoms with Crippen molar-refractivity contribution in [1.29, 1.82) is 0 Å². The van der Waals surface area contributed by atoms with Gasteiger partial charge in [-0.05, 0) is 36.6 Å². The number of azide groups is 1. The van der Waals surface area contributed by atoms with Crippen LogP contribution in [0, 0.1) is 0 Å². The van der Waals surface area contributed by atoms with Gasteiger partial charge < -0.3 is 19.5 Å². The van der Waals surface area contributed by atoms with Crippen LogP contribution in [0.4, 0.5) is 0 Å². The largest absolute Gasteiger partial charge is 0.492 e. The Morgan fingerprint density at radius 3 is 2.25 bits per heavy atom. The van der Waals surface area contributed by atoms with Gasteiger partial charge in [0.15, 0.2) is 0 Å².